The first kappa shape index (κ1) is 16.7. The summed E-state index contributed by atoms with van der Waals surface area (Å²) in [5.41, 5.74) is 2.77. The summed E-state index contributed by atoms with van der Waals surface area (Å²) in [6.45, 7) is 5.57. The average molecular weight is 326 g/mol. The van der Waals surface area contributed by atoms with E-state index in [1.807, 2.05) is 29.8 Å². The van der Waals surface area contributed by atoms with E-state index in [0.717, 1.165) is 31.7 Å². The van der Waals surface area contributed by atoms with Gasteiger partial charge in [0.15, 0.2) is 0 Å². The Balaban J connectivity index is 1.53. The molecule has 2 N–H and O–H groups in total. The van der Waals surface area contributed by atoms with Gasteiger partial charge in [0.25, 0.3) is 5.91 Å². The van der Waals surface area contributed by atoms with Crippen LogP contribution < -0.4 is 10.6 Å². The molecule has 128 valence electrons. The molecule has 0 bridgehead atoms. The van der Waals surface area contributed by atoms with Gasteiger partial charge in [-0.15, -0.1) is 0 Å². The molecule has 3 rings (SSSR count). The lowest BCUT2D eigenvalue weighted by atomic mass is 9.96. The molecule has 1 saturated heterocycles. The fourth-order valence-corrected chi connectivity index (χ4v) is 3.24. The van der Waals surface area contributed by atoms with Gasteiger partial charge >= 0.3 is 0 Å². The first-order valence-electron chi connectivity index (χ1n) is 8.79. The molecule has 1 aromatic heterocycles. The van der Waals surface area contributed by atoms with Crippen LogP contribution in [0.2, 0.25) is 0 Å². The molecule has 0 radical (unpaired) electrons. The maximum Gasteiger partial charge on any atom is 0.254 e. The molecule has 1 aliphatic rings. The summed E-state index contributed by atoms with van der Waals surface area (Å²) in [7, 11) is 0. The Bertz CT molecular complexity index is 659. The lowest BCUT2D eigenvalue weighted by Crippen LogP contribution is -2.33. The van der Waals surface area contributed by atoms with Crippen molar-refractivity contribution in [3.05, 3.63) is 53.3 Å². The average Bonchev–Trinajstić information content (AvgIpc) is 2.97. The number of aromatic nitrogens is 2. The van der Waals surface area contributed by atoms with Gasteiger partial charge in [-0.1, -0.05) is 30.3 Å². The standard InChI is InChI=1S/C19H26N4O/c1-15-18(13-22-23(15)14-17-6-3-2-4-7-17)19(24)21-11-9-16-8-5-10-20-12-16/h2-4,6-7,13,16,20H,5,8-12,14H2,1H3,(H,21,24). The summed E-state index contributed by atoms with van der Waals surface area (Å²) in [6, 6.07) is 10.2. The van der Waals surface area contributed by atoms with Crippen LogP contribution in [0.4, 0.5) is 0 Å². The summed E-state index contributed by atoms with van der Waals surface area (Å²) < 4.78 is 1.88. The fourth-order valence-electron chi connectivity index (χ4n) is 3.24. The molecule has 1 aromatic carbocycles. The van der Waals surface area contributed by atoms with Gasteiger partial charge in [0, 0.05) is 12.2 Å². The number of benzene rings is 1. The largest absolute Gasteiger partial charge is 0.352 e. The predicted molar refractivity (Wildman–Crippen MR) is 95.1 cm³/mol. The Morgan fingerprint density at radius 2 is 2.21 bits per heavy atom. The van der Waals surface area contributed by atoms with Crippen molar-refractivity contribution in [1.29, 1.82) is 0 Å². The van der Waals surface area contributed by atoms with Crippen molar-refractivity contribution in [2.24, 2.45) is 5.92 Å². The van der Waals surface area contributed by atoms with Crippen molar-refractivity contribution in [3.8, 4) is 0 Å². The summed E-state index contributed by atoms with van der Waals surface area (Å²) in [5, 5.41) is 10.8. The van der Waals surface area contributed by atoms with E-state index < -0.39 is 0 Å². The molecular formula is C19H26N4O. The number of nitrogens with one attached hydrogen (secondary N) is 2. The van der Waals surface area contributed by atoms with Gasteiger partial charge in [0.2, 0.25) is 0 Å². The van der Waals surface area contributed by atoms with Crippen LogP contribution in [-0.2, 0) is 6.54 Å². The van der Waals surface area contributed by atoms with Crippen molar-refractivity contribution in [2.75, 3.05) is 19.6 Å². The number of hydrogen-bond donors (Lipinski definition) is 2. The highest BCUT2D eigenvalue weighted by atomic mass is 16.1. The van der Waals surface area contributed by atoms with E-state index in [0.29, 0.717) is 18.0 Å². The quantitative estimate of drug-likeness (QED) is 0.857. The van der Waals surface area contributed by atoms with Crippen molar-refractivity contribution in [2.45, 2.75) is 32.7 Å². The maximum atomic E-state index is 12.4. The van der Waals surface area contributed by atoms with E-state index in [2.05, 4.69) is 27.9 Å². The van der Waals surface area contributed by atoms with Gasteiger partial charge in [-0.05, 0) is 50.8 Å². The third-order valence-corrected chi connectivity index (χ3v) is 4.76. The van der Waals surface area contributed by atoms with E-state index in [9.17, 15) is 4.79 Å². The molecular weight excluding hydrogens is 300 g/mol. The molecule has 1 fully saturated rings. The number of amides is 1. The number of carbonyl (C=O) groups excluding carboxylic acids is 1. The third kappa shape index (κ3) is 4.23. The number of nitrogens with zero attached hydrogens (tertiary/aromatic N) is 2. The molecule has 0 spiro atoms. The van der Waals surface area contributed by atoms with Gasteiger partial charge in [-0.2, -0.15) is 5.10 Å². The van der Waals surface area contributed by atoms with Crippen LogP contribution in [0, 0.1) is 12.8 Å². The van der Waals surface area contributed by atoms with Crippen LogP contribution >= 0.6 is 0 Å². The maximum absolute atomic E-state index is 12.4. The van der Waals surface area contributed by atoms with E-state index >= 15 is 0 Å². The van der Waals surface area contributed by atoms with E-state index in [-0.39, 0.29) is 5.91 Å². The second-order valence-corrected chi connectivity index (χ2v) is 6.54. The monoisotopic (exact) mass is 326 g/mol. The first-order chi connectivity index (χ1) is 11.7. The number of carbonyl (C=O) groups is 1. The van der Waals surface area contributed by atoms with Gasteiger partial charge in [-0.25, -0.2) is 0 Å². The Kier molecular flexibility index (Phi) is 5.64. The molecule has 1 unspecified atom stereocenters. The Labute approximate surface area is 143 Å². The van der Waals surface area contributed by atoms with E-state index in [1.165, 1.54) is 18.4 Å². The molecule has 5 nitrogen and oxygen atoms in total. The fraction of sp³-hybridized carbons (Fsp3) is 0.474. The molecule has 2 aromatic rings. The van der Waals surface area contributed by atoms with Crippen LogP contribution in [0.3, 0.4) is 0 Å². The third-order valence-electron chi connectivity index (χ3n) is 4.76. The summed E-state index contributed by atoms with van der Waals surface area (Å²) in [4.78, 5) is 12.4. The van der Waals surface area contributed by atoms with Crippen LogP contribution in [0.5, 0.6) is 0 Å². The van der Waals surface area contributed by atoms with Gasteiger partial charge < -0.3 is 10.6 Å². The summed E-state index contributed by atoms with van der Waals surface area (Å²) >= 11 is 0. The minimum Gasteiger partial charge on any atom is -0.352 e. The smallest absolute Gasteiger partial charge is 0.254 e. The molecule has 1 amide bonds. The van der Waals surface area contributed by atoms with Crippen LogP contribution in [0.15, 0.2) is 36.5 Å². The second kappa shape index (κ2) is 8.11. The Morgan fingerprint density at radius 1 is 1.38 bits per heavy atom. The normalized spacial score (nSPS) is 17.6. The molecule has 1 atom stereocenters. The lowest BCUT2D eigenvalue weighted by Gasteiger charge is -2.22. The van der Waals surface area contributed by atoms with Crippen LogP contribution in [0.25, 0.3) is 0 Å². The number of piperidine rings is 1. The van der Waals surface area contributed by atoms with Crippen molar-refractivity contribution >= 4 is 5.91 Å². The predicted octanol–water partition coefficient (Wildman–Crippen LogP) is 2.36. The van der Waals surface area contributed by atoms with Crippen LogP contribution in [0.1, 0.15) is 40.9 Å². The second-order valence-electron chi connectivity index (χ2n) is 6.54. The summed E-state index contributed by atoms with van der Waals surface area (Å²) in [5.74, 6) is 0.663. The number of hydrogen-bond acceptors (Lipinski definition) is 3. The van der Waals surface area contributed by atoms with Crippen molar-refractivity contribution in [1.82, 2.24) is 20.4 Å². The lowest BCUT2D eigenvalue weighted by molar-refractivity contribution is 0.0950. The zero-order valence-corrected chi connectivity index (χ0v) is 14.3. The summed E-state index contributed by atoms with van der Waals surface area (Å²) in [6.07, 6.45) is 5.21. The van der Waals surface area contributed by atoms with Crippen LogP contribution in [-0.4, -0.2) is 35.3 Å². The van der Waals surface area contributed by atoms with E-state index in [4.69, 9.17) is 0 Å². The first-order valence-corrected chi connectivity index (χ1v) is 8.79. The zero-order valence-electron chi connectivity index (χ0n) is 14.3. The molecule has 1 aliphatic heterocycles. The Hall–Kier alpha value is -2.14. The van der Waals surface area contributed by atoms with Crippen molar-refractivity contribution in [3.63, 3.8) is 0 Å². The van der Waals surface area contributed by atoms with E-state index in [1.54, 1.807) is 6.20 Å². The van der Waals surface area contributed by atoms with Gasteiger partial charge in [-0.3, -0.25) is 9.48 Å². The minimum absolute atomic E-state index is 0.0180. The minimum atomic E-state index is -0.0180. The number of rotatable bonds is 6. The van der Waals surface area contributed by atoms with Crippen molar-refractivity contribution < 1.29 is 4.79 Å². The highest BCUT2D eigenvalue weighted by molar-refractivity contribution is 5.95. The zero-order chi connectivity index (χ0) is 16.8. The topological polar surface area (TPSA) is 59.0 Å². The molecule has 0 saturated carbocycles. The Morgan fingerprint density at radius 3 is 2.96 bits per heavy atom. The molecule has 5 heteroatoms. The van der Waals surface area contributed by atoms with Gasteiger partial charge in [0.1, 0.15) is 0 Å². The molecule has 24 heavy (non-hydrogen) atoms. The van der Waals surface area contributed by atoms with Gasteiger partial charge in [0.05, 0.1) is 18.3 Å². The SMILES string of the molecule is Cc1c(C(=O)NCCC2CCCNC2)cnn1Cc1ccccc1. The molecule has 2 heterocycles. The highest BCUT2D eigenvalue weighted by Crippen LogP contribution is 2.14. The highest BCUT2D eigenvalue weighted by Gasteiger charge is 2.16. The molecule has 0 aliphatic carbocycles.